The largest absolute Gasteiger partial charge is 0.456 e. The number of esters is 1. The van der Waals surface area contributed by atoms with E-state index in [1.54, 1.807) is 13.8 Å². The first-order chi connectivity index (χ1) is 14.7. The average Bonchev–Trinajstić information content (AvgIpc) is 3.42. The van der Waals surface area contributed by atoms with Gasteiger partial charge in [-0.2, -0.15) is 0 Å². The van der Waals surface area contributed by atoms with Crippen LogP contribution in [0.1, 0.15) is 30.6 Å². The van der Waals surface area contributed by atoms with E-state index in [-0.39, 0.29) is 40.8 Å². The second-order valence-electron chi connectivity index (χ2n) is 8.57. The van der Waals surface area contributed by atoms with Crippen LogP contribution < -0.4 is 0 Å². The number of non-ortho nitro benzene ring substituents is 1. The number of fused-ring (bicyclic) bond motifs is 5. The third-order valence-electron chi connectivity index (χ3n) is 6.40. The molecule has 2 fully saturated rings. The molecule has 9 nitrogen and oxygen atoms in total. The van der Waals surface area contributed by atoms with Crippen molar-refractivity contribution < 1.29 is 28.8 Å². The number of allylic oxidation sites excluding steroid dienone is 2. The molecule has 3 aliphatic rings. The molecule has 1 heterocycles. The Bertz CT molecular complexity index is 968. The lowest BCUT2D eigenvalue weighted by molar-refractivity contribution is -0.384. The first kappa shape index (κ1) is 20.9. The molecule has 0 unspecified atom stereocenters. The minimum atomic E-state index is -1.10. The van der Waals surface area contributed by atoms with E-state index in [0.717, 1.165) is 11.3 Å². The number of hydrogen-bond acceptors (Lipinski definition) is 7. The highest BCUT2D eigenvalue weighted by atomic mass is 16.6. The summed E-state index contributed by atoms with van der Waals surface area (Å²) in [5.74, 6) is -3.20. The topological polar surface area (TPSA) is 124 Å². The Labute approximate surface area is 178 Å². The summed E-state index contributed by atoms with van der Waals surface area (Å²) in [5.41, 5.74) is -0.00140. The Morgan fingerprint density at radius 2 is 1.65 bits per heavy atom. The van der Waals surface area contributed by atoms with Crippen LogP contribution in [0.25, 0.3) is 0 Å². The van der Waals surface area contributed by atoms with Gasteiger partial charge in [0.15, 0.2) is 12.4 Å². The van der Waals surface area contributed by atoms with Gasteiger partial charge in [-0.25, -0.2) is 4.79 Å². The highest BCUT2D eigenvalue weighted by molar-refractivity contribution is 6.09. The van der Waals surface area contributed by atoms with Crippen molar-refractivity contribution in [3.05, 3.63) is 52.1 Å². The van der Waals surface area contributed by atoms with Gasteiger partial charge < -0.3 is 4.74 Å². The van der Waals surface area contributed by atoms with Gasteiger partial charge in [-0.05, 0) is 36.3 Å². The fourth-order valence-electron chi connectivity index (χ4n) is 4.95. The average molecular weight is 426 g/mol. The fourth-order valence-corrected chi connectivity index (χ4v) is 4.95. The molecule has 2 aliphatic carbocycles. The van der Waals surface area contributed by atoms with E-state index in [1.165, 1.54) is 24.3 Å². The summed E-state index contributed by atoms with van der Waals surface area (Å²) < 4.78 is 5.18. The molecule has 0 spiro atoms. The summed E-state index contributed by atoms with van der Waals surface area (Å²) >= 11 is 0. The Balaban J connectivity index is 1.45. The maximum atomic E-state index is 13.0. The predicted molar refractivity (Wildman–Crippen MR) is 107 cm³/mol. The smallest absolute Gasteiger partial charge is 0.330 e. The molecule has 2 bridgehead atoms. The van der Waals surface area contributed by atoms with Gasteiger partial charge >= 0.3 is 5.97 Å². The van der Waals surface area contributed by atoms with E-state index in [0.29, 0.717) is 0 Å². The third kappa shape index (κ3) is 3.43. The van der Waals surface area contributed by atoms with E-state index in [2.05, 4.69) is 0 Å². The summed E-state index contributed by atoms with van der Waals surface area (Å²) in [6, 6.07) is 3.84. The number of nitrogens with zero attached hydrogens (tertiary/aromatic N) is 2. The molecule has 4 rings (SSSR count). The fraction of sp³-hybridized carbons (Fsp3) is 0.455. The van der Waals surface area contributed by atoms with Gasteiger partial charge in [-0.3, -0.25) is 29.4 Å². The van der Waals surface area contributed by atoms with Crippen LogP contribution in [0.4, 0.5) is 5.69 Å². The Kier molecular flexibility index (Phi) is 5.20. The second-order valence-corrected chi connectivity index (χ2v) is 8.57. The van der Waals surface area contributed by atoms with Gasteiger partial charge in [0, 0.05) is 17.7 Å². The first-order valence-electron chi connectivity index (χ1n) is 10.2. The minimum Gasteiger partial charge on any atom is -0.456 e. The molecule has 0 aromatic heterocycles. The van der Waals surface area contributed by atoms with Gasteiger partial charge in [0.1, 0.15) is 6.04 Å². The molecular weight excluding hydrogens is 404 g/mol. The number of hydrogen-bond donors (Lipinski definition) is 0. The maximum Gasteiger partial charge on any atom is 0.330 e. The molecule has 31 heavy (non-hydrogen) atoms. The molecule has 9 heteroatoms. The number of carbonyl (C=O) groups excluding carboxylic acids is 4. The van der Waals surface area contributed by atoms with Gasteiger partial charge in [0.25, 0.3) is 5.69 Å². The molecule has 5 atom stereocenters. The summed E-state index contributed by atoms with van der Waals surface area (Å²) in [6.45, 7) is 2.84. The van der Waals surface area contributed by atoms with Crippen molar-refractivity contribution in [2.75, 3.05) is 6.61 Å². The number of benzene rings is 1. The van der Waals surface area contributed by atoms with Crippen molar-refractivity contribution in [1.82, 2.24) is 4.90 Å². The number of ether oxygens (including phenoxy) is 1. The van der Waals surface area contributed by atoms with E-state index >= 15 is 0 Å². The van der Waals surface area contributed by atoms with Gasteiger partial charge in [0.2, 0.25) is 11.8 Å². The SMILES string of the molecule is CC(C)[C@H](C(=O)OCC(=O)c1ccc([N+](=O)[O-])cc1)N1C(=O)[C@@H]2[C@H](C1=O)[C@H]1C=C[C@@H]2C1. The minimum absolute atomic E-state index is 0.0315. The van der Waals surface area contributed by atoms with Gasteiger partial charge in [0.05, 0.1) is 16.8 Å². The summed E-state index contributed by atoms with van der Waals surface area (Å²) in [7, 11) is 0. The number of nitro groups is 1. The molecule has 0 radical (unpaired) electrons. The Morgan fingerprint density at radius 3 is 2.13 bits per heavy atom. The number of rotatable bonds is 7. The molecule has 0 N–H and O–H groups in total. The predicted octanol–water partition coefficient (Wildman–Crippen LogP) is 2.15. The second kappa shape index (κ2) is 7.72. The Hall–Kier alpha value is -3.36. The molecule has 1 saturated heterocycles. The number of Topliss-reactive ketones (excluding diaryl/α,β-unsaturated/α-hetero) is 1. The monoisotopic (exact) mass is 426 g/mol. The zero-order valence-electron chi connectivity index (χ0n) is 17.1. The van der Waals surface area contributed by atoms with Crippen molar-refractivity contribution in [3.8, 4) is 0 Å². The van der Waals surface area contributed by atoms with E-state index < -0.39 is 41.2 Å². The zero-order chi connectivity index (χ0) is 22.4. The Morgan fingerprint density at radius 1 is 1.10 bits per heavy atom. The van der Waals surface area contributed by atoms with Crippen LogP contribution in [-0.2, 0) is 19.1 Å². The molecule has 2 amide bonds. The van der Waals surface area contributed by atoms with Crippen molar-refractivity contribution in [1.29, 1.82) is 0 Å². The lowest BCUT2D eigenvalue weighted by Crippen LogP contribution is -2.50. The molecule has 1 aromatic carbocycles. The quantitative estimate of drug-likeness (QED) is 0.163. The zero-order valence-corrected chi connectivity index (χ0v) is 17.1. The van der Waals surface area contributed by atoms with Crippen LogP contribution in [-0.4, -0.2) is 46.0 Å². The lowest BCUT2D eigenvalue weighted by atomic mass is 9.85. The highest BCUT2D eigenvalue weighted by Gasteiger charge is 2.61. The van der Waals surface area contributed by atoms with Crippen molar-refractivity contribution in [2.24, 2.45) is 29.6 Å². The lowest BCUT2D eigenvalue weighted by Gasteiger charge is -2.28. The summed E-state index contributed by atoms with van der Waals surface area (Å²) in [5, 5.41) is 10.7. The molecule has 162 valence electrons. The molecule has 1 aliphatic heterocycles. The number of carbonyl (C=O) groups is 4. The van der Waals surface area contributed by atoms with Crippen LogP contribution >= 0.6 is 0 Å². The van der Waals surface area contributed by atoms with Crippen LogP contribution in [0.3, 0.4) is 0 Å². The van der Waals surface area contributed by atoms with Crippen LogP contribution in [0.15, 0.2) is 36.4 Å². The molecule has 1 saturated carbocycles. The maximum absolute atomic E-state index is 13.0. The number of ketones is 1. The van der Waals surface area contributed by atoms with Gasteiger partial charge in [-0.1, -0.05) is 26.0 Å². The first-order valence-corrected chi connectivity index (χ1v) is 10.2. The van der Waals surface area contributed by atoms with Crippen LogP contribution in [0.5, 0.6) is 0 Å². The van der Waals surface area contributed by atoms with Crippen molar-refractivity contribution in [3.63, 3.8) is 0 Å². The van der Waals surface area contributed by atoms with Crippen molar-refractivity contribution >= 4 is 29.3 Å². The number of nitro benzene ring substituents is 1. The van der Waals surface area contributed by atoms with E-state index in [1.807, 2.05) is 12.2 Å². The highest BCUT2D eigenvalue weighted by Crippen LogP contribution is 2.53. The summed E-state index contributed by atoms with van der Waals surface area (Å²) in [6.07, 6.45) is 4.75. The van der Waals surface area contributed by atoms with E-state index in [4.69, 9.17) is 4.74 Å². The number of likely N-dealkylation sites (tertiary alicyclic amines) is 1. The normalized spacial score (nSPS) is 27.0. The number of amides is 2. The van der Waals surface area contributed by atoms with Crippen LogP contribution in [0, 0.1) is 39.7 Å². The van der Waals surface area contributed by atoms with Crippen LogP contribution in [0.2, 0.25) is 0 Å². The standard InChI is InChI=1S/C22H22N2O7/c1-11(2)19(23-20(26)17-13-3-4-14(9-13)18(17)21(23)27)22(28)31-10-16(25)12-5-7-15(8-6-12)24(29)30/h3-8,11,13-14,17-19H,9-10H2,1-2H3/t13-,14+,17+,18-,19-/m1/s1. The summed E-state index contributed by atoms with van der Waals surface area (Å²) in [4.78, 5) is 62.4. The third-order valence-corrected chi connectivity index (χ3v) is 6.40. The van der Waals surface area contributed by atoms with Crippen molar-refractivity contribution in [2.45, 2.75) is 26.3 Å². The molecule has 1 aromatic rings. The number of imide groups is 1. The van der Waals surface area contributed by atoms with E-state index in [9.17, 15) is 29.3 Å². The molecular formula is C22H22N2O7. The van der Waals surface area contributed by atoms with Gasteiger partial charge in [-0.15, -0.1) is 0 Å².